The minimum absolute atomic E-state index is 0.225. The lowest BCUT2D eigenvalue weighted by Crippen LogP contribution is -2.73. The Kier molecular flexibility index (Phi) is 4.23. The first-order valence-corrected chi connectivity index (χ1v) is 9.35. The molecule has 1 spiro atoms. The molecule has 156 valence electrons. The van der Waals surface area contributed by atoms with Gasteiger partial charge in [0.25, 0.3) is 0 Å². The maximum absolute atomic E-state index is 11.8. The van der Waals surface area contributed by atoms with E-state index in [1.165, 1.54) is 13.8 Å². The van der Waals surface area contributed by atoms with Crippen molar-refractivity contribution < 1.29 is 43.9 Å². The van der Waals surface area contributed by atoms with Crippen LogP contribution in [0.2, 0.25) is 0 Å². The lowest BCUT2D eigenvalue weighted by Gasteiger charge is -2.60. The molecular weight excluding hydrogens is 372 g/mol. The van der Waals surface area contributed by atoms with Crippen LogP contribution >= 0.6 is 0 Å². The van der Waals surface area contributed by atoms with E-state index in [9.17, 15) is 24.9 Å². The van der Waals surface area contributed by atoms with Crippen molar-refractivity contribution in [2.24, 2.45) is 10.8 Å². The standard InChI is InChI=1S/C19H26O9/c1-8-5-11-18(6-25-9(2)20,14(24)12(8)22)17(4)15(27-10(3)21)13(23)16(28-11)19(17)7-26-19/h5,11-16,22-24H,6-7H2,1-4H3/t11-,12-,13-,14-,15-,16-,17-,18-,19+/m1/s1. The van der Waals surface area contributed by atoms with Crippen molar-refractivity contribution in [2.45, 2.75) is 69.9 Å². The number of aliphatic hydroxyl groups excluding tert-OH is 3. The lowest BCUT2D eigenvalue weighted by molar-refractivity contribution is -0.274. The van der Waals surface area contributed by atoms with Gasteiger partial charge in [-0.15, -0.1) is 0 Å². The summed E-state index contributed by atoms with van der Waals surface area (Å²) in [6.45, 7) is 5.79. The van der Waals surface area contributed by atoms with Crippen LogP contribution in [0.3, 0.4) is 0 Å². The number of esters is 2. The van der Waals surface area contributed by atoms with Gasteiger partial charge in [0, 0.05) is 13.8 Å². The molecule has 2 aliphatic heterocycles. The van der Waals surface area contributed by atoms with Crippen molar-refractivity contribution in [1.82, 2.24) is 0 Å². The van der Waals surface area contributed by atoms with Crippen molar-refractivity contribution in [3.63, 3.8) is 0 Å². The number of rotatable bonds is 3. The van der Waals surface area contributed by atoms with Gasteiger partial charge in [0.1, 0.15) is 36.6 Å². The topological polar surface area (TPSA) is 135 Å². The third-order valence-electron chi connectivity index (χ3n) is 7.27. The number of fused-ring (bicyclic) bond motifs is 2. The molecule has 3 fully saturated rings. The molecule has 0 aromatic heterocycles. The quantitative estimate of drug-likeness (QED) is 0.313. The van der Waals surface area contributed by atoms with E-state index >= 15 is 0 Å². The maximum Gasteiger partial charge on any atom is 0.303 e. The Hall–Kier alpha value is -1.52. The summed E-state index contributed by atoms with van der Waals surface area (Å²) in [5.41, 5.74) is -3.11. The Labute approximate surface area is 162 Å². The second kappa shape index (κ2) is 5.99. The number of hydrogen-bond donors (Lipinski definition) is 3. The van der Waals surface area contributed by atoms with Crippen LogP contribution in [0.4, 0.5) is 0 Å². The lowest BCUT2D eigenvalue weighted by atomic mass is 9.49. The minimum Gasteiger partial charge on any atom is -0.465 e. The predicted molar refractivity (Wildman–Crippen MR) is 91.8 cm³/mol. The highest BCUT2D eigenvalue weighted by molar-refractivity contribution is 5.67. The predicted octanol–water partition coefficient (Wildman–Crippen LogP) is -0.933. The van der Waals surface area contributed by atoms with Crippen molar-refractivity contribution in [2.75, 3.05) is 13.2 Å². The zero-order chi connectivity index (χ0) is 20.6. The molecule has 4 rings (SSSR count). The van der Waals surface area contributed by atoms with Crippen LogP contribution in [-0.2, 0) is 28.5 Å². The summed E-state index contributed by atoms with van der Waals surface area (Å²) in [7, 11) is 0. The van der Waals surface area contributed by atoms with Gasteiger partial charge >= 0.3 is 11.9 Å². The Bertz CT molecular complexity index is 744. The van der Waals surface area contributed by atoms with E-state index < -0.39 is 65.0 Å². The summed E-state index contributed by atoms with van der Waals surface area (Å²) in [5.74, 6) is -1.18. The molecule has 4 aliphatic rings. The average molecular weight is 398 g/mol. The van der Waals surface area contributed by atoms with Crippen molar-refractivity contribution >= 4 is 11.9 Å². The number of epoxide rings is 1. The van der Waals surface area contributed by atoms with E-state index in [1.54, 1.807) is 19.9 Å². The fraction of sp³-hybridized carbons (Fsp3) is 0.789. The second-order valence-corrected chi connectivity index (χ2v) is 8.50. The van der Waals surface area contributed by atoms with E-state index in [1.807, 2.05) is 0 Å². The smallest absolute Gasteiger partial charge is 0.303 e. The number of aliphatic hydroxyl groups is 3. The zero-order valence-corrected chi connectivity index (χ0v) is 16.2. The van der Waals surface area contributed by atoms with Gasteiger partial charge in [-0.2, -0.15) is 0 Å². The molecule has 9 atom stereocenters. The molecule has 1 saturated carbocycles. The molecule has 28 heavy (non-hydrogen) atoms. The Morgan fingerprint density at radius 1 is 1.25 bits per heavy atom. The summed E-state index contributed by atoms with van der Waals surface area (Å²) < 4.78 is 22.8. The van der Waals surface area contributed by atoms with E-state index in [-0.39, 0.29) is 13.2 Å². The second-order valence-electron chi connectivity index (χ2n) is 8.50. The Morgan fingerprint density at radius 3 is 2.43 bits per heavy atom. The first-order chi connectivity index (χ1) is 13.0. The normalized spacial score (nSPS) is 51.3. The van der Waals surface area contributed by atoms with Crippen molar-refractivity contribution in [3.8, 4) is 0 Å². The molecule has 2 bridgehead atoms. The van der Waals surface area contributed by atoms with Gasteiger partial charge in [0.15, 0.2) is 0 Å². The molecule has 2 heterocycles. The van der Waals surface area contributed by atoms with Crippen molar-refractivity contribution in [1.29, 1.82) is 0 Å². The first kappa shape index (κ1) is 19.8. The highest BCUT2D eigenvalue weighted by Crippen LogP contribution is 2.72. The Balaban J connectivity index is 1.93. The van der Waals surface area contributed by atoms with Gasteiger partial charge in [-0.05, 0) is 12.5 Å². The Morgan fingerprint density at radius 2 is 1.89 bits per heavy atom. The highest BCUT2D eigenvalue weighted by Gasteiger charge is 2.87. The number of carbonyl (C=O) groups is 2. The molecule has 0 aromatic carbocycles. The van der Waals surface area contributed by atoms with E-state index in [2.05, 4.69) is 0 Å². The van der Waals surface area contributed by atoms with Crippen LogP contribution in [0, 0.1) is 10.8 Å². The van der Waals surface area contributed by atoms with E-state index in [4.69, 9.17) is 18.9 Å². The van der Waals surface area contributed by atoms with Gasteiger partial charge < -0.3 is 34.3 Å². The van der Waals surface area contributed by atoms with Gasteiger partial charge in [0.2, 0.25) is 0 Å². The minimum atomic E-state index is -1.41. The molecule has 9 nitrogen and oxygen atoms in total. The van der Waals surface area contributed by atoms with Crippen LogP contribution in [0.15, 0.2) is 11.6 Å². The third kappa shape index (κ3) is 2.14. The largest absolute Gasteiger partial charge is 0.465 e. The third-order valence-corrected chi connectivity index (χ3v) is 7.27. The van der Waals surface area contributed by atoms with Gasteiger partial charge in [-0.1, -0.05) is 13.0 Å². The molecule has 9 heteroatoms. The van der Waals surface area contributed by atoms with Crippen LogP contribution < -0.4 is 0 Å². The molecular formula is C19H26O9. The van der Waals surface area contributed by atoms with Gasteiger partial charge in [0.05, 0.1) is 29.6 Å². The molecule has 0 amide bonds. The highest BCUT2D eigenvalue weighted by atomic mass is 16.7. The van der Waals surface area contributed by atoms with E-state index in [0.717, 1.165) is 0 Å². The first-order valence-electron chi connectivity index (χ1n) is 9.35. The molecule has 0 unspecified atom stereocenters. The molecule has 2 aliphatic carbocycles. The summed E-state index contributed by atoms with van der Waals surface area (Å²) in [6.07, 6.45) is -4.83. The van der Waals surface area contributed by atoms with E-state index in [0.29, 0.717) is 5.57 Å². The number of carbonyl (C=O) groups excluding carboxylic acids is 2. The van der Waals surface area contributed by atoms with Crippen LogP contribution in [-0.4, -0.2) is 82.7 Å². The van der Waals surface area contributed by atoms with Crippen LogP contribution in [0.1, 0.15) is 27.7 Å². The number of ether oxygens (including phenoxy) is 4. The zero-order valence-electron chi connectivity index (χ0n) is 16.2. The molecule has 2 saturated heterocycles. The van der Waals surface area contributed by atoms with Crippen LogP contribution in [0.5, 0.6) is 0 Å². The monoisotopic (exact) mass is 398 g/mol. The average Bonchev–Trinajstić information content (AvgIpc) is 3.39. The molecule has 3 N–H and O–H groups in total. The SMILES string of the molecule is CC(=O)OC[C@]12[C@H](O)[C@H](O)C(C)=C[C@H]1O[C@@H]1[C@H](O)[C@@H](OC(C)=O)[C@@]2(C)[C@]12CO2. The van der Waals surface area contributed by atoms with Crippen LogP contribution in [0.25, 0.3) is 0 Å². The summed E-state index contributed by atoms with van der Waals surface area (Å²) in [6, 6.07) is 0. The van der Waals surface area contributed by atoms with Gasteiger partial charge in [-0.3, -0.25) is 9.59 Å². The fourth-order valence-electron chi connectivity index (χ4n) is 5.71. The molecule has 0 aromatic rings. The fourth-order valence-corrected chi connectivity index (χ4v) is 5.71. The molecule has 0 radical (unpaired) electrons. The summed E-state index contributed by atoms with van der Waals surface area (Å²) in [5, 5.41) is 32.9. The number of hydrogen-bond acceptors (Lipinski definition) is 9. The van der Waals surface area contributed by atoms with Gasteiger partial charge in [-0.25, -0.2) is 0 Å². The summed E-state index contributed by atoms with van der Waals surface area (Å²) in [4.78, 5) is 23.4. The van der Waals surface area contributed by atoms with Crippen molar-refractivity contribution in [3.05, 3.63) is 11.6 Å². The summed E-state index contributed by atoms with van der Waals surface area (Å²) >= 11 is 0. The maximum atomic E-state index is 11.8.